The van der Waals surface area contributed by atoms with Gasteiger partial charge in [0.05, 0.1) is 0 Å². The summed E-state index contributed by atoms with van der Waals surface area (Å²) in [5.74, 6) is -0.939. The predicted molar refractivity (Wildman–Crippen MR) is 107 cm³/mol. The molecule has 0 aromatic heterocycles. The van der Waals surface area contributed by atoms with Crippen molar-refractivity contribution < 1.29 is 9.90 Å². The highest BCUT2D eigenvalue weighted by molar-refractivity contribution is 5.86. The molecule has 0 aliphatic carbocycles. The third-order valence-corrected chi connectivity index (χ3v) is 4.20. The lowest BCUT2D eigenvalue weighted by atomic mass is 10.0. The lowest BCUT2D eigenvalue weighted by Gasteiger charge is -2.26. The minimum atomic E-state index is -0.939. The van der Waals surface area contributed by atoms with Gasteiger partial charge in [0.2, 0.25) is 0 Å². The number of rotatable bonds is 6. The molecule has 0 amide bonds. The van der Waals surface area contributed by atoms with Crippen LogP contribution in [0.15, 0.2) is 84.9 Å². The van der Waals surface area contributed by atoms with Crippen LogP contribution in [-0.4, -0.2) is 11.1 Å². The van der Waals surface area contributed by atoms with Crippen LogP contribution in [0.1, 0.15) is 18.1 Å². The Morgan fingerprint density at radius 1 is 0.885 bits per heavy atom. The Hall–Kier alpha value is -3.33. The van der Waals surface area contributed by atoms with Crippen LogP contribution in [0.3, 0.4) is 0 Å². The fraction of sp³-hybridized carbons (Fsp3) is 0.0870. The summed E-state index contributed by atoms with van der Waals surface area (Å²) < 4.78 is 0. The molecule has 130 valence electrons. The zero-order chi connectivity index (χ0) is 18.4. The van der Waals surface area contributed by atoms with Crippen molar-refractivity contribution in [3.05, 3.63) is 96.1 Å². The number of carboxylic acid groups (broad SMARTS) is 1. The number of para-hydroxylation sites is 2. The molecule has 3 rings (SSSR count). The van der Waals surface area contributed by atoms with Crippen LogP contribution in [0.5, 0.6) is 0 Å². The second kappa shape index (κ2) is 8.17. The number of carboxylic acids is 1. The molecular formula is C23H21NO2. The number of aliphatic carboxylic acids is 1. The van der Waals surface area contributed by atoms with E-state index in [4.69, 9.17) is 5.11 Å². The van der Waals surface area contributed by atoms with E-state index in [2.05, 4.69) is 42.2 Å². The summed E-state index contributed by atoms with van der Waals surface area (Å²) in [6.45, 7) is 2.08. The Balaban J connectivity index is 2.09. The SMILES string of the molecule is CCc1cc(N(c2ccccc2)c2ccccc2)ccc1/C=C/C(=O)O. The molecule has 0 radical (unpaired) electrons. The lowest BCUT2D eigenvalue weighted by Crippen LogP contribution is -2.10. The summed E-state index contributed by atoms with van der Waals surface area (Å²) in [5, 5.41) is 8.88. The maximum absolute atomic E-state index is 10.8. The van der Waals surface area contributed by atoms with E-state index in [1.165, 1.54) is 6.08 Å². The van der Waals surface area contributed by atoms with E-state index < -0.39 is 5.97 Å². The van der Waals surface area contributed by atoms with Gasteiger partial charge in [-0.1, -0.05) is 49.4 Å². The van der Waals surface area contributed by atoms with Crippen molar-refractivity contribution in [3.8, 4) is 0 Å². The van der Waals surface area contributed by atoms with Crippen LogP contribution in [-0.2, 0) is 11.2 Å². The quantitative estimate of drug-likeness (QED) is 0.574. The minimum absolute atomic E-state index is 0.824. The fourth-order valence-electron chi connectivity index (χ4n) is 2.96. The number of benzene rings is 3. The van der Waals surface area contributed by atoms with Crippen LogP contribution >= 0.6 is 0 Å². The summed E-state index contributed by atoms with van der Waals surface area (Å²) in [7, 11) is 0. The number of aryl methyl sites for hydroxylation is 1. The topological polar surface area (TPSA) is 40.5 Å². The van der Waals surface area contributed by atoms with Gasteiger partial charge in [-0.2, -0.15) is 0 Å². The van der Waals surface area contributed by atoms with E-state index in [9.17, 15) is 4.79 Å². The van der Waals surface area contributed by atoms with Crippen molar-refractivity contribution in [2.45, 2.75) is 13.3 Å². The molecule has 0 spiro atoms. The molecule has 26 heavy (non-hydrogen) atoms. The molecule has 3 aromatic carbocycles. The van der Waals surface area contributed by atoms with Gasteiger partial charge in [0.1, 0.15) is 0 Å². The largest absolute Gasteiger partial charge is 0.478 e. The van der Waals surface area contributed by atoms with E-state index in [1.54, 1.807) is 6.08 Å². The molecule has 3 aromatic rings. The first kappa shape index (κ1) is 17.5. The summed E-state index contributed by atoms with van der Waals surface area (Å²) in [6.07, 6.45) is 3.66. The van der Waals surface area contributed by atoms with Crippen LogP contribution < -0.4 is 4.90 Å². The van der Waals surface area contributed by atoms with Gasteiger partial charge in [0, 0.05) is 23.1 Å². The molecule has 0 saturated heterocycles. The fourth-order valence-corrected chi connectivity index (χ4v) is 2.96. The zero-order valence-electron chi connectivity index (χ0n) is 14.7. The van der Waals surface area contributed by atoms with Crippen molar-refractivity contribution in [1.82, 2.24) is 0 Å². The Kier molecular flexibility index (Phi) is 5.49. The van der Waals surface area contributed by atoms with Crippen molar-refractivity contribution in [1.29, 1.82) is 0 Å². The molecule has 0 atom stereocenters. The molecule has 0 aliphatic rings. The summed E-state index contributed by atoms with van der Waals surface area (Å²) in [4.78, 5) is 13.0. The number of hydrogen-bond donors (Lipinski definition) is 1. The lowest BCUT2D eigenvalue weighted by molar-refractivity contribution is -0.131. The monoisotopic (exact) mass is 343 g/mol. The van der Waals surface area contributed by atoms with Crippen LogP contribution in [0.4, 0.5) is 17.1 Å². The van der Waals surface area contributed by atoms with Crippen LogP contribution in [0.2, 0.25) is 0 Å². The Morgan fingerprint density at radius 3 is 1.96 bits per heavy atom. The van der Waals surface area contributed by atoms with E-state index in [-0.39, 0.29) is 0 Å². The molecule has 0 saturated carbocycles. The molecule has 0 aliphatic heterocycles. The molecular weight excluding hydrogens is 322 g/mol. The average molecular weight is 343 g/mol. The van der Waals surface area contributed by atoms with Crippen molar-refractivity contribution >= 4 is 29.1 Å². The highest BCUT2D eigenvalue weighted by Gasteiger charge is 2.13. The molecule has 0 fully saturated rings. The number of nitrogens with zero attached hydrogens (tertiary/aromatic N) is 1. The maximum Gasteiger partial charge on any atom is 0.328 e. The van der Waals surface area contributed by atoms with Gasteiger partial charge >= 0.3 is 5.97 Å². The number of anilines is 3. The van der Waals surface area contributed by atoms with Crippen molar-refractivity contribution in [2.24, 2.45) is 0 Å². The standard InChI is InChI=1S/C23H21NO2/c1-2-18-17-22(15-13-19(18)14-16-23(25)26)24(20-9-5-3-6-10-20)21-11-7-4-8-12-21/h3-17H,2H2,1H3,(H,25,26)/b16-14+. The Morgan fingerprint density at radius 2 is 1.46 bits per heavy atom. The highest BCUT2D eigenvalue weighted by Crippen LogP contribution is 2.35. The zero-order valence-corrected chi connectivity index (χ0v) is 14.7. The van der Waals surface area contributed by atoms with E-state index in [1.807, 2.05) is 48.5 Å². The second-order valence-corrected chi connectivity index (χ2v) is 5.91. The van der Waals surface area contributed by atoms with Gasteiger partial charge < -0.3 is 10.0 Å². The van der Waals surface area contributed by atoms with Gasteiger partial charge in [-0.3, -0.25) is 0 Å². The Bertz CT molecular complexity index is 863. The first-order chi connectivity index (χ1) is 12.7. The normalized spacial score (nSPS) is 10.8. The third kappa shape index (κ3) is 4.01. The van der Waals surface area contributed by atoms with Gasteiger partial charge in [0.15, 0.2) is 0 Å². The Labute approximate surface area is 153 Å². The van der Waals surface area contributed by atoms with Gasteiger partial charge in [0.25, 0.3) is 0 Å². The van der Waals surface area contributed by atoms with E-state index in [0.29, 0.717) is 0 Å². The number of hydrogen-bond acceptors (Lipinski definition) is 2. The minimum Gasteiger partial charge on any atom is -0.478 e. The maximum atomic E-state index is 10.8. The predicted octanol–water partition coefficient (Wildman–Crippen LogP) is 5.82. The summed E-state index contributed by atoms with van der Waals surface area (Å²) in [6, 6.07) is 26.6. The second-order valence-electron chi connectivity index (χ2n) is 5.91. The average Bonchev–Trinajstić information content (AvgIpc) is 2.68. The molecule has 3 heteroatoms. The molecule has 3 nitrogen and oxygen atoms in total. The van der Waals surface area contributed by atoms with E-state index >= 15 is 0 Å². The van der Waals surface area contributed by atoms with Gasteiger partial charge in [-0.05, 0) is 60.0 Å². The third-order valence-electron chi connectivity index (χ3n) is 4.20. The smallest absolute Gasteiger partial charge is 0.328 e. The summed E-state index contributed by atoms with van der Waals surface area (Å²) >= 11 is 0. The molecule has 0 heterocycles. The molecule has 1 N–H and O–H groups in total. The highest BCUT2D eigenvalue weighted by atomic mass is 16.4. The molecule has 0 bridgehead atoms. The van der Waals surface area contributed by atoms with Crippen molar-refractivity contribution in [3.63, 3.8) is 0 Å². The summed E-state index contributed by atoms with van der Waals surface area (Å²) in [5.41, 5.74) is 5.24. The van der Waals surface area contributed by atoms with E-state index in [0.717, 1.165) is 34.6 Å². The van der Waals surface area contributed by atoms with Gasteiger partial charge in [-0.25, -0.2) is 4.79 Å². The van der Waals surface area contributed by atoms with Crippen molar-refractivity contribution in [2.75, 3.05) is 4.90 Å². The first-order valence-corrected chi connectivity index (χ1v) is 8.63. The van der Waals surface area contributed by atoms with Crippen LogP contribution in [0.25, 0.3) is 6.08 Å². The number of carbonyl (C=O) groups is 1. The van der Waals surface area contributed by atoms with Crippen LogP contribution in [0, 0.1) is 0 Å². The first-order valence-electron chi connectivity index (χ1n) is 8.63. The van der Waals surface area contributed by atoms with Gasteiger partial charge in [-0.15, -0.1) is 0 Å². The molecule has 0 unspecified atom stereocenters.